The predicted molar refractivity (Wildman–Crippen MR) is 54.7 cm³/mol. The van der Waals surface area contributed by atoms with Crippen LogP contribution >= 0.6 is 12.6 Å². The molecule has 1 aromatic rings. The number of benzene rings is 1. The highest BCUT2D eigenvalue weighted by atomic mass is 32.1. The van der Waals surface area contributed by atoms with Crippen LogP contribution in [-0.4, -0.2) is 16.9 Å². The first-order valence-corrected chi connectivity index (χ1v) is 4.54. The van der Waals surface area contributed by atoms with E-state index in [2.05, 4.69) is 12.6 Å². The third-order valence-electron chi connectivity index (χ3n) is 1.73. The van der Waals surface area contributed by atoms with Gasteiger partial charge in [0.05, 0.1) is 0 Å². The van der Waals surface area contributed by atoms with E-state index in [1.807, 2.05) is 6.07 Å². The Hall–Kier alpha value is -1.29. The predicted octanol–water partition coefficient (Wildman–Crippen LogP) is 1.56. The Balaban J connectivity index is 2.65. The molecule has 0 aliphatic heterocycles. The summed E-state index contributed by atoms with van der Waals surface area (Å²) in [5.41, 5.74) is 0.766. The highest BCUT2D eigenvalue weighted by Gasteiger charge is 2.09. The van der Waals surface area contributed by atoms with Crippen LogP contribution in [-0.2, 0) is 16.0 Å². The zero-order valence-corrected chi connectivity index (χ0v) is 8.33. The SMILES string of the molecule is O=C(O)CC(=O)Cc1ccccc1S. The first-order valence-electron chi connectivity index (χ1n) is 4.10. The van der Waals surface area contributed by atoms with Gasteiger partial charge in [-0.25, -0.2) is 0 Å². The van der Waals surface area contributed by atoms with Crippen molar-refractivity contribution >= 4 is 24.4 Å². The maximum absolute atomic E-state index is 11.2. The van der Waals surface area contributed by atoms with Crippen molar-refractivity contribution in [2.24, 2.45) is 0 Å². The standard InChI is InChI=1S/C10H10O3S/c11-8(6-10(12)13)5-7-3-1-2-4-9(7)14/h1-4,14H,5-6H2,(H,12,13). The van der Waals surface area contributed by atoms with Gasteiger partial charge in [0.25, 0.3) is 0 Å². The molecule has 1 N–H and O–H groups in total. The second-order valence-electron chi connectivity index (χ2n) is 2.91. The number of carbonyl (C=O) groups is 2. The second kappa shape index (κ2) is 4.81. The molecular formula is C10H10O3S. The van der Waals surface area contributed by atoms with Crippen LogP contribution in [0.1, 0.15) is 12.0 Å². The van der Waals surface area contributed by atoms with Gasteiger partial charge in [-0.1, -0.05) is 18.2 Å². The monoisotopic (exact) mass is 210 g/mol. The Morgan fingerprint density at radius 1 is 1.29 bits per heavy atom. The van der Waals surface area contributed by atoms with Crippen molar-refractivity contribution in [3.05, 3.63) is 29.8 Å². The Bertz CT molecular complexity index is 360. The summed E-state index contributed by atoms with van der Waals surface area (Å²) in [6.07, 6.45) is -0.298. The third-order valence-corrected chi connectivity index (χ3v) is 2.16. The Morgan fingerprint density at radius 3 is 2.50 bits per heavy atom. The number of aliphatic carboxylic acids is 1. The van der Waals surface area contributed by atoms with Gasteiger partial charge in [-0.2, -0.15) is 0 Å². The minimum absolute atomic E-state index is 0.131. The van der Waals surface area contributed by atoms with Gasteiger partial charge in [0.2, 0.25) is 0 Å². The fourth-order valence-electron chi connectivity index (χ4n) is 1.10. The number of hydrogen-bond donors (Lipinski definition) is 2. The van der Waals surface area contributed by atoms with E-state index in [1.165, 1.54) is 0 Å². The van der Waals surface area contributed by atoms with Gasteiger partial charge in [0.15, 0.2) is 0 Å². The van der Waals surface area contributed by atoms with Crippen LogP contribution in [0.3, 0.4) is 0 Å². The first kappa shape index (κ1) is 10.8. The zero-order chi connectivity index (χ0) is 10.6. The Morgan fingerprint density at radius 2 is 1.93 bits per heavy atom. The van der Waals surface area contributed by atoms with Crippen LogP contribution in [0, 0.1) is 0 Å². The van der Waals surface area contributed by atoms with Crippen molar-refractivity contribution < 1.29 is 14.7 Å². The summed E-state index contributed by atoms with van der Waals surface area (Å²) in [7, 11) is 0. The molecule has 0 bridgehead atoms. The lowest BCUT2D eigenvalue weighted by molar-refractivity contribution is -0.140. The first-order chi connectivity index (χ1) is 6.59. The number of carboxylic acids is 1. The summed E-state index contributed by atoms with van der Waals surface area (Å²) >= 11 is 4.16. The number of Topliss-reactive ketones (excluding diaryl/α,β-unsaturated/α-hetero) is 1. The van der Waals surface area contributed by atoms with Crippen LogP contribution in [0.4, 0.5) is 0 Å². The highest BCUT2D eigenvalue weighted by molar-refractivity contribution is 7.80. The molecular weight excluding hydrogens is 200 g/mol. The molecule has 0 spiro atoms. The van der Waals surface area contributed by atoms with E-state index in [9.17, 15) is 9.59 Å². The summed E-state index contributed by atoms with van der Waals surface area (Å²) in [6, 6.07) is 7.14. The van der Waals surface area contributed by atoms with Gasteiger partial charge in [-0.3, -0.25) is 9.59 Å². The number of rotatable bonds is 4. The largest absolute Gasteiger partial charge is 0.481 e. The molecule has 14 heavy (non-hydrogen) atoms. The van der Waals surface area contributed by atoms with Crippen molar-refractivity contribution in [1.29, 1.82) is 0 Å². The van der Waals surface area contributed by atoms with E-state index >= 15 is 0 Å². The van der Waals surface area contributed by atoms with Gasteiger partial charge in [-0.15, -0.1) is 12.6 Å². The van der Waals surface area contributed by atoms with Gasteiger partial charge >= 0.3 is 5.97 Å². The lowest BCUT2D eigenvalue weighted by Crippen LogP contribution is -2.09. The van der Waals surface area contributed by atoms with Crippen LogP contribution in [0.25, 0.3) is 0 Å². The van der Waals surface area contributed by atoms with E-state index < -0.39 is 12.4 Å². The van der Waals surface area contributed by atoms with Gasteiger partial charge in [0.1, 0.15) is 12.2 Å². The van der Waals surface area contributed by atoms with E-state index in [4.69, 9.17) is 5.11 Å². The van der Waals surface area contributed by atoms with Crippen molar-refractivity contribution in [3.8, 4) is 0 Å². The fourth-order valence-corrected chi connectivity index (χ4v) is 1.34. The number of hydrogen-bond acceptors (Lipinski definition) is 3. The molecule has 0 unspecified atom stereocenters. The molecule has 0 fully saturated rings. The van der Waals surface area contributed by atoms with Crippen molar-refractivity contribution in [2.75, 3.05) is 0 Å². The fraction of sp³-hybridized carbons (Fsp3) is 0.200. The summed E-state index contributed by atoms with van der Waals surface area (Å²) in [5.74, 6) is -1.40. The zero-order valence-electron chi connectivity index (χ0n) is 7.43. The van der Waals surface area contributed by atoms with E-state index in [1.54, 1.807) is 18.2 Å². The number of carbonyl (C=O) groups excluding carboxylic acids is 1. The number of thiol groups is 1. The topological polar surface area (TPSA) is 54.4 Å². The second-order valence-corrected chi connectivity index (χ2v) is 3.40. The molecule has 0 aliphatic carbocycles. The molecule has 0 heterocycles. The van der Waals surface area contributed by atoms with E-state index in [0.717, 1.165) is 5.56 Å². The average molecular weight is 210 g/mol. The van der Waals surface area contributed by atoms with Crippen LogP contribution in [0.5, 0.6) is 0 Å². The van der Waals surface area contributed by atoms with Crippen molar-refractivity contribution in [2.45, 2.75) is 17.7 Å². The maximum Gasteiger partial charge on any atom is 0.310 e. The third kappa shape index (κ3) is 3.22. The molecule has 1 aromatic carbocycles. The van der Waals surface area contributed by atoms with Crippen LogP contribution in [0.2, 0.25) is 0 Å². The molecule has 0 aromatic heterocycles. The van der Waals surface area contributed by atoms with Crippen molar-refractivity contribution in [3.63, 3.8) is 0 Å². The lowest BCUT2D eigenvalue weighted by atomic mass is 10.1. The van der Waals surface area contributed by atoms with E-state index in [0.29, 0.717) is 4.90 Å². The molecule has 0 saturated carbocycles. The summed E-state index contributed by atoms with van der Waals surface area (Å²) < 4.78 is 0. The average Bonchev–Trinajstić information content (AvgIpc) is 2.07. The number of ketones is 1. The van der Waals surface area contributed by atoms with Gasteiger partial charge in [-0.05, 0) is 11.6 Å². The summed E-state index contributed by atoms with van der Waals surface area (Å²) in [4.78, 5) is 22.1. The highest BCUT2D eigenvalue weighted by Crippen LogP contribution is 2.14. The van der Waals surface area contributed by atoms with Crippen LogP contribution < -0.4 is 0 Å². The smallest absolute Gasteiger partial charge is 0.310 e. The van der Waals surface area contributed by atoms with Gasteiger partial charge in [0, 0.05) is 11.3 Å². The molecule has 0 radical (unpaired) electrons. The molecule has 0 aliphatic rings. The van der Waals surface area contributed by atoms with Crippen LogP contribution in [0.15, 0.2) is 29.2 Å². The molecule has 74 valence electrons. The lowest BCUT2D eigenvalue weighted by Gasteiger charge is -2.01. The summed E-state index contributed by atoms with van der Waals surface area (Å²) in [5, 5.41) is 8.39. The minimum atomic E-state index is -1.09. The van der Waals surface area contributed by atoms with E-state index in [-0.39, 0.29) is 12.2 Å². The molecule has 0 amide bonds. The molecule has 1 rings (SSSR count). The number of carboxylic acid groups (broad SMARTS) is 1. The molecule has 0 saturated heterocycles. The molecule has 3 nitrogen and oxygen atoms in total. The molecule has 0 atom stereocenters. The maximum atomic E-state index is 11.2. The minimum Gasteiger partial charge on any atom is -0.481 e. The summed E-state index contributed by atoms with van der Waals surface area (Å²) in [6.45, 7) is 0. The normalized spacial score (nSPS) is 9.79. The molecule has 4 heteroatoms. The van der Waals surface area contributed by atoms with Crippen molar-refractivity contribution in [1.82, 2.24) is 0 Å². The Kier molecular flexibility index (Phi) is 3.71. The Labute approximate surface area is 87.2 Å². The van der Waals surface area contributed by atoms with Gasteiger partial charge < -0.3 is 5.11 Å². The quantitative estimate of drug-likeness (QED) is 0.585.